The Labute approximate surface area is 126 Å². The third-order valence-electron chi connectivity index (χ3n) is 3.37. The molecule has 0 fully saturated rings. The molecule has 0 radical (unpaired) electrons. The van der Waals surface area contributed by atoms with Crippen molar-refractivity contribution in [1.29, 1.82) is 0 Å². The second-order valence-corrected chi connectivity index (χ2v) is 5.56. The Hall–Kier alpha value is -1.81. The fourth-order valence-electron chi connectivity index (χ4n) is 2.39. The Morgan fingerprint density at radius 3 is 2.70 bits per heavy atom. The molecule has 1 aromatic heterocycles. The van der Waals surface area contributed by atoms with E-state index in [1.807, 2.05) is 24.3 Å². The third kappa shape index (κ3) is 2.56. The minimum atomic E-state index is 0.865. The van der Waals surface area contributed by atoms with Gasteiger partial charge in [-0.25, -0.2) is 4.98 Å². The van der Waals surface area contributed by atoms with Crippen molar-refractivity contribution in [3.05, 3.63) is 58.8 Å². The number of imidazole rings is 1. The molecule has 2 aromatic carbocycles. The van der Waals surface area contributed by atoms with Crippen molar-refractivity contribution in [2.75, 3.05) is 11.9 Å². The van der Waals surface area contributed by atoms with Gasteiger partial charge in [-0.2, -0.15) is 0 Å². The molecule has 0 atom stereocenters. The van der Waals surface area contributed by atoms with Crippen molar-refractivity contribution in [1.82, 2.24) is 9.55 Å². The monoisotopic (exact) mass is 329 g/mol. The van der Waals surface area contributed by atoms with Crippen LogP contribution in [0.1, 0.15) is 5.82 Å². The number of hydrogen-bond donors (Lipinski definition) is 1. The smallest absolute Gasteiger partial charge is 0.106 e. The molecule has 4 heteroatoms. The second-order valence-electron chi connectivity index (χ2n) is 4.71. The summed E-state index contributed by atoms with van der Waals surface area (Å²) in [4.78, 5) is 4.58. The average molecular weight is 330 g/mol. The highest BCUT2D eigenvalue weighted by molar-refractivity contribution is 9.10. The number of anilines is 1. The van der Waals surface area contributed by atoms with E-state index in [2.05, 4.69) is 62.0 Å². The Kier molecular flexibility index (Phi) is 3.74. The number of nitrogens with zero attached hydrogens (tertiary/aromatic N) is 2. The molecule has 20 heavy (non-hydrogen) atoms. The summed E-state index contributed by atoms with van der Waals surface area (Å²) < 4.78 is 3.34. The minimum Gasteiger partial charge on any atom is -0.382 e. The van der Waals surface area contributed by atoms with Gasteiger partial charge in [-0.1, -0.05) is 24.3 Å². The highest BCUT2D eigenvalue weighted by Crippen LogP contribution is 2.21. The molecule has 1 heterocycles. The molecule has 102 valence electrons. The van der Waals surface area contributed by atoms with E-state index >= 15 is 0 Å². The Bertz CT molecular complexity index is 733. The zero-order valence-corrected chi connectivity index (χ0v) is 12.9. The van der Waals surface area contributed by atoms with E-state index in [0.717, 1.165) is 34.6 Å². The molecule has 0 bridgehead atoms. The fourth-order valence-corrected chi connectivity index (χ4v) is 2.81. The van der Waals surface area contributed by atoms with Crippen molar-refractivity contribution in [2.45, 2.75) is 13.5 Å². The third-order valence-corrected chi connectivity index (χ3v) is 4.06. The summed E-state index contributed by atoms with van der Waals surface area (Å²) in [5.74, 6) is 1.06. The van der Waals surface area contributed by atoms with Crippen molar-refractivity contribution in [3.8, 4) is 0 Å². The van der Waals surface area contributed by atoms with Crippen molar-refractivity contribution in [3.63, 3.8) is 0 Å². The number of aryl methyl sites for hydroxylation is 1. The lowest BCUT2D eigenvalue weighted by molar-refractivity contribution is 0.721. The number of nitrogens with one attached hydrogen (secondary N) is 1. The van der Waals surface area contributed by atoms with Gasteiger partial charge in [0.05, 0.1) is 11.0 Å². The maximum atomic E-state index is 4.58. The van der Waals surface area contributed by atoms with Gasteiger partial charge in [0.15, 0.2) is 0 Å². The Balaban J connectivity index is 1.74. The summed E-state index contributed by atoms with van der Waals surface area (Å²) in [7, 11) is 0. The van der Waals surface area contributed by atoms with Crippen molar-refractivity contribution >= 4 is 32.7 Å². The number of aromatic nitrogens is 2. The van der Waals surface area contributed by atoms with Crippen LogP contribution in [0, 0.1) is 6.92 Å². The molecule has 3 rings (SSSR count). The number of rotatable bonds is 4. The molecule has 0 saturated heterocycles. The lowest BCUT2D eigenvalue weighted by atomic mass is 10.3. The van der Waals surface area contributed by atoms with Gasteiger partial charge in [-0.05, 0) is 47.1 Å². The minimum absolute atomic E-state index is 0.865. The second kappa shape index (κ2) is 5.67. The van der Waals surface area contributed by atoms with E-state index in [1.165, 1.54) is 5.52 Å². The summed E-state index contributed by atoms with van der Waals surface area (Å²) in [6.45, 7) is 3.82. The van der Waals surface area contributed by atoms with Crippen LogP contribution in [-0.2, 0) is 6.54 Å². The molecule has 0 amide bonds. The van der Waals surface area contributed by atoms with Crippen LogP contribution in [-0.4, -0.2) is 16.1 Å². The molecule has 3 aromatic rings. The van der Waals surface area contributed by atoms with Gasteiger partial charge >= 0.3 is 0 Å². The summed E-state index contributed by atoms with van der Waals surface area (Å²) >= 11 is 3.55. The lowest BCUT2D eigenvalue weighted by Gasteiger charge is -2.10. The van der Waals surface area contributed by atoms with Crippen LogP contribution in [0.25, 0.3) is 11.0 Å². The molecular formula is C16H16BrN3. The number of benzene rings is 2. The quantitative estimate of drug-likeness (QED) is 0.776. The van der Waals surface area contributed by atoms with E-state index in [0.29, 0.717) is 0 Å². The summed E-state index contributed by atoms with van der Waals surface area (Å²) in [6, 6.07) is 16.4. The maximum Gasteiger partial charge on any atom is 0.106 e. The SMILES string of the molecule is Cc1nc2ccccc2n1CCNc1ccccc1Br. The summed E-state index contributed by atoms with van der Waals surface area (Å²) in [5.41, 5.74) is 3.37. The van der Waals surface area contributed by atoms with E-state index in [4.69, 9.17) is 0 Å². The normalized spacial score (nSPS) is 10.9. The van der Waals surface area contributed by atoms with Gasteiger partial charge in [0.25, 0.3) is 0 Å². The predicted molar refractivity (Wildman–Crippen MR) is 87.1 cm³/mol. The molecule has 0 saturated carbocycles. The first-order valence-corrected chi connectivity index (χ1v) is 7.45. The van der Waals surface area contributed by atoms with Gasteiger partial charge in [0.2, 0.25) is 0 Å². The van der Waals surface area contributed by atoms with E-state index in [9.17, 15) is 0 Å². The van der Waals surface area contributed by atoms with Gasteiger partial charge in [-0.3, -0.25) is 0 Å². The molecule has 0 unspecified atom stereocenters. The molecule has 3 nitrogen and oxygen atoms in total. The van der Waals surface area contributed by atoms with Crippen molar-refractivity contribution in [2.24, 2.45) is 0 Å². The van der Waals surface area contributed by atoms with Crippen LogP contribution in [0.3, 0.4) is 0 Å². The maximum absolute atomic E-state index is 4.58. The molecular weight excluding hydrogens is 314 g/mol. The van der Waals surface area contributed by atoms with Gasteiger partial charge in [-0.15, -0.1) is 0 Å². The van der Waals surface area contributed by atoms with Gasteiger partial charge in [0, 0.05) is 23.2 Å². The molecule has 0 aliphatic rings. The molecule has 0 aliphatic carbocycles. The topological polar surface area (TPSA) is 29.9 Å². The number of fused-ring (bicyclic) bond motifs is 1. The zero-order valence-electron chi connectivity index (χ0n) is 11.3. The lowest BCUT2D eigenvalue weighted by Crippen LogP contribution is -2.11. The first-order valence-electron chi connectivity index (χ1n) is 6.66. The van der Waals surface area contributed by atoms with Crippen LogP contribution >= 0.6 is 15.9 Å². The van der Waals surface area contributed by atoms with E-state index < -0.39 is 0 Å². The van der Waals surface area contributed by atoms with Crippen LogP contribution in [0.4, 0.5) is 5.69 Å². The zero-order chi connectivity index (χ0) is 13.9. The summed E-state index contributed by atoms with van der Waals surface area (Å²) in [6.07, 6.45) is 0. The van der Waals surface area contributed by atoms with Gasteiger partial charge < -0.3 is 9.88 Å². The highest BCUT2D eigenvalue weighted by atomic mass is 79.9. The number of hydrogen-bond acceptors (Lipinski definition) is 2. The summed E-state index contributed by atoms with van der Waals surface area (Å²) in [5, 5.41) is 3.45. The average Bonchev–Trinajstić information content (AvgIpc) is 2.77. The fraction of sp³-hybridized carbons (Fsp3) is 0.188. The first-order chi connectivity index (χ1) is 9.75. The number of para-hydroxylation sites is 3. The Morgan fingerprint density at radius 2 is 1.85 bits per heavy atom. The van der Waals surface area contributed by atoms with Gasteiger partial charge in [0.1, 0.15) is 5.82 Å². The predicted octanol–water partition coefficient (Wildman–Crippen LogP) is 4.22. The standard InChI is InChI=1S/C16H16BrN3/c1-12-19-15-8-4-5-9-16(15)20(12)11-10-18-14-7-3-2-6-13(14)17/h2-9,18H,10-11H2,1H3. The van der Waals surface area contributed by atoms with Crippen LogP contribution in [0.2, 0.25) is 0 Å². The largest absolute Gasteiger partial charge is 0.382 e. The van der Waals surface area contributed by atoms with Crippen LogP contribution in [0.15, 0.2) is 53.0 Å². The number of halogens is 1. The van der Waals surface area contributed by atoms with E-state index in [1.54, 1.807) is 0 Å². The van der Waals surface area contributed by atoms with Crippen LogP contribution in [0.5, 0.6) is 0 Å². The highest BCUT2D eigenvalue weighted by Gasteiger charge is 2.06. The first kappa shape index (κ1) is 13.2. The van der Waals surface area contributed by atoms with Crippen molar-refractivity contribution < 1.29 is 0 Å². The molecule has 1 N–H and O–H groups in total. The van der Waals surface area contributed by atoms with E-state index in [-0.39, 0.29) is 0 Å². The molecule has 0 aliphatic heterocycles. The molecule has 0 spiro atoms. The Morgan fingerprint density at radius 1 is 1.10 bits per heavy atom. The van der Waals surface area contributed by atoms with Crippen LogP contribution < -0.4 is 5.32 Å².